The van der Waals surface area contributed by atoms with Crippen LogP contribution in [0.1, 0.15) is 24.6 Å². The Morgan fingerprint density at radius 1 is 1.42 bits per heavy atom. The molecule has 1 aromatic carbocycles. The zero-order valence-corrected chi connectivity index (χ0v) is 12.9. The van der Waals surface area contributed by atoms with Gasteiger partial charge in [-0.05, 0) is 37.6 Å². The molecule has 0 saturated carbocycles. The number of aryl methyl sites for hydroxylation is 1. The van der Waals surface area contributed by atoms with Gasteiger partial charge in [0.15, 0.2) is 0 Å². The third-order valence-corrected chi connectivity index (χ3v) is 4.91. The molecule has 3 rings (SSSR count). The van der Waals surface area contributed by atoms with Crippen molar-refractivity contribution in [2.75, 3.05) is 13.1 Å². The fourth-order valence-electron chi connectivity index (χ4n) is 2.71. The number of aromatic nitrogens is 2. The second kappa shape index (κ2) is 4.76. The molecule has 1 unspecified atom stereocenters. The summed E-state index contributed by atoms with van der Waals surface area (Å²) in [7, 11) is 0. The molecule has 0 radical (unpaired) electrons. The van der Waals surface area contributed by atoms with E-state index in [1.807, 2.05) is 12.5 Å². The average Bonchev–Trinajstić information content (AvgIpc) is 3.02. The third kappa shape index (κ3) is 2.23. The Bertz CT molecular complexity index is 597. The molecule has 0 amide bonds. The Balaban J connectivity index is 2.06. The molecule has 19 heavy (non-hydrogen) atoms. The van der Waals surface area contributed by atoms with Crippen LogP contribution in [0.15, 0.2) is 35.2 Å². The standard InChI is InChI=1S/C15H18BrN3/c1-11-3-4-12(7-13(11)16)19-10-18-8-14(19)15(2)5-6-17-9-15/h3-4,7-8,10,17H,5-6,9H2,1-2H3. The smallest absolute Gasteiger partial charge is 0.0994 e. The SMILES string of the molecule is Cc1ccc(-n2cncc2C2(C)CCNC2)cc1Br. The van der Waals surface area contributed by atoms with E-state index in [-0.39, 0.29) is 5.41 Å². The van der Waals surface area contributed by atoms with Crippen molar-refractivity contribution in [3.05, 3.63) is 46.5 Å². The van der Waals surface area contributed by atoms with E-state index in [0.29, 0.717) is 0 Å². The highest BCUT2D eigenvalue weighted by Crippen LogP contribution is 2.32. The van der Waals surface area contributed by atoms with Crippen molar-refractivity contribution in [3.63, 3.8) is 0 Å². The van der Waals surface area contributed by atoms with Gasteiger partial charge in [0.05, 0.1) is 6.33 Å². The Labute approximate surface area is 122 Å². The molecule has 0 bridgehead atoms. The van der Waals surface area contributed by atoms with Crippen LogP contribution in [-0.4, -0.2) is 22.6 Å². The van der Waals surface area contributed by atoms with Crippen molar-refractivity contribution in [1.82, 2.24) is 14.9 Å². The minimum atomic E-state index is 0.174. The summed E-state index contributed by atoms with van der Waals surface area (Å²) < 4.78 is 3.34. The number of imidazole rings is 1. The Hall–Kier alpha value is -1.13. The van der Waals surface area contributed by atoms with Crippen LogP contribution in [0, 0.1) is 6.92 Å². The van der Waals surface area contributed by atoms with Crippen molar-refractivity contribution >= 4 is 15.9 Å². The number of nitrogens with one attached hydrogen (secondary N) is 1. The van der Waals surface area contributed by atoms with Crippen LogP contribution < -0.4 is 5.32 Å². The highest BCUT2D eigenvalue weighted by molar-refractivity contribution is 9.10. The molecule has 1 aliphatic heterocycles. The number of hydrogen-bond acceptors (Lipinski definition) is 2. The molecule has 1 aliphatic rings. The van der Waals surface area contributed by atoms with Crippen molar-refractivity contribution in [2.45, 2.75) is 25.7 Å². The van der Waals surface area contributed by atoms with E-state index < -0.39 is 0 Å². The number of nitrogens with zero attached hydrogens (tertiary/aromatic N) is 2. The number of rotatable bonds is 2. The molecule has 1 N–H and O–H groups in total. The molecule has 0 aliphatic carbocycles. The first-order valence-corrected chi connectivity index (χ1v) is 7.39. The van der Waals surface area contributed by atoms with Crippen LogP contribution in [0.2, 0.25) is 0 Å². The first-order chi connectivity index (χ1) is 9.10. The summed E-state index contributed by atoms with van der Waals surface area (Å²) in [5, 5.41) is 3.45. The van der Waals surface area contributed by atoms with Crippen LogP contribution in [0.3, 0.4) is 0 Å². The van der Waals surface area contributed by atoms with E-state index in [1.165, 1.54) is 11.3 Å². The summed E-state index contributed by atoms with van der Waals surface area (Å²) in [6.07, 6.45) is 5.07. The Kier molecular flexibility index (Phi) is 3.23. The molecule has 1 aromatic heterocycles. The van der Waals surface area contributed by atoms with Crippen LogP contribution >= 0.6 is 15.9 Å². The summed E-state index contributed by atoms with van der Waals surface area (Å²) in [5.74, 6) is 0. The van der Waals surface area contributed by atoms with Gasteiger partial charge in [-0.3, -0.25) is 0 Å². The molecule has 1 atom stereocenters. The maximum Gasteiger partial charge on any atom is 0.0994 e. The topological polar surface area (TPSA) is 29.9 Å². The van der Waals surface area contributed by atoms with Gasteiger partial charge in [0.25, 0.3) is 0 Å². The van der Waals surface area contributed by atoms with E-state index in [0.717, 1.165) is 29.7 Å². The average molecular weight is 320 g/mol. The quantitative estimate of drug-likeness (QED) is 0.921. The van der Waals surface area contributed by atoms with Gasteiger partial charge in [-0.2, -0.15) is 0 Å². The van der Waals surface area contributed by atoms with Gasteiger partial charge < -0.3 is 9.88 Å². The van der Waals surface area contributed by atoms with E-state index in [4.69, 9.17) is 0 Å². The van der Waals surface area contributed by atoms with Gasteiger partial charge in [0.2, 0.25) is 0 Å². The molecule has 1 saturated heterocycles. The molecule has 2 heterocycles. The van der Waals surface area contributed by atoms with Crippen LogP contribution in [0.5, 0.6) is 0 Å². The van der Waals surface area contributed by atoms with Crippen LogP contribution in [0.4, 0.5) is 0 Å². The molecule has 1 fully saturated rings. The van der Waals surface area contributed by atoms with E-state index >= 15 is 0 Å². The fourth-order valence-corrected chi connectivity index (χ4v) is 3.08. The highest BCUT2D eigenvalue weighted by Gasteiger charge is 2.33. The normalized spacial score (nSPS) is 22.9. The van der Waals surface area contributed by atoms with E-state index in [9.17, 15) is 0 Å². The van der Waals surface area contributed by atoms with Crippen LogP contribution in [-0.2, 0) is 5.41 Å². The predicted octanol–water partition coefficient (Wildman–Crippen LogP) is 3.19. The molecular formula is C15H18BrN3. The van der Waals surface area contributed by atoms with Gasteiger partial charge in [0.1, 0.15) is 0 Å². The van der Waals surface area contributed by atoms with E-state index in [1.54, 1.807) is 0 Å². The number of benzene rings is 1. The summed E-state index contributed by atoms with van der Waals surface area (Å²) in [5.41, 5.74) is 3.87. The minimum absolute atomic E-state index is 0.174. The molecular weight excluding hydrogens is 302 g/mol. The number of halogens is 1. The zero-order chi connectivity index (χ0) is 13.5. The number of hydrogen-bond donors (Lipinski definition) is 1. The summed E-state index contributed by atoms with van der Waals surface area (Å²) >= 11 is 3.61. The van der Waals surface area contributed by atoms with Gasteiger partial charge in [-0.25, -0.2) is 4.98 Å². The second-order valence-electron chi connectivity index (χ2n) is 5.57. The monoisotopic (exact) mass is 319 g/mol. The summed E-state index contributed by atoms with van der Waals surface area (Å²) in [4.78, 5) is 4.36. The van der Waals surface area contributed by atoms with Gasteiger partial charge in [-0.1, -0.05) is 28.9 Å². The van der Waals surface area contributed by atoms with Crippen molar-refractivity contribution in [2.24, 2.45) is 0 Å². The summed E-state index contributed by atoms with van der Waals surface area (Å²) in [6, 6.07) is 6.45. The van der Waals surface area contributed by atoms with Crippen molar-refractivity contribution in [3.8, 4) is 5.69 Å². The van der Waals surface area contributed by atoms with Gasteiger partial charge in [-0.15, -0.1) is 0 Å². The Morgan fingerprint density at radius 3 is 2.95 bits per heavy atom. The third-order valence-electron chi connectivity index (χ3n) is 4.06. The lowest BCUT2D eigenvalue weighted by atomic mass is 9.86. The maximum atomic E-state index is 4.36. The first kappa shape index (κ1) is 12.9. The van der Waals surface area contributed by atoms with Gasteiger partial charge >= 0.3 is 0 Å². The van der Waals surface area contributed by atoms with Crippen LogP contribution in [0.25, 0.3) is 5.69 Å². The Morgan fingerprint density at radius 2 is 2.26 bits per heavy atom. The lowest BCUT2D eigenvalue weighted by Gasteiger charge is -2.24. The highest BCUT2D eigenvalue weighted by atomic mass is 79.9. The maximum absolute atomic E-state index is 4.36. The fraction of sp³-hybridized carbons (Fsp3) is 0.400. The molecule has 3 nitrogen and oxygen atoms in total. The predicted molar refractivity (Wildman–Crippen MR) is 80.8 cm³/mol. The van der Waals surface area contributed by atoms with Crippen molar-refractivity contribution < 1.29 is 0 Å². The zero-order valence-electron chi connectivity index (χ0n) is 11.3. The molecule has 4 heteroatoms. The lowest BCUT2D eigenvalue weighted by Crippen LogP contribution is -2.27. The molecule has 100 valence electrons. The largest absolute Gasteiger partial charge is 0.316 e. The second-order valence-corrected chi connectivity index (χ2v) is 6.42. The lowest BCUT2D eigenvalue weighted by molar-refractivity contribution is 0.499. The summed E-state index contributed by atoms with van der Waals surface area (Å²) in [6.45, 7) is 6.51. The van der Waals surface area contributed by atoms with E-state index in [2.05, 4.69) is 62.8 Å². The first-order valence-electron chi connectivity index (χ1n) is 6.60. The molecule has 0 spiro atoms. The minimum Gasteiger partial charge on any atom is -0.316 e. The van der Waals surface area contributed by atoms with Gasteiger partial charge in [0, 0.05) is 34.0 Å². The van der Waals surface area contributed by atoms with Crippen molar-refractivity contribution in [1.29, 1.82) is 0 Å². The molecule has 2 aromatic rings.